The van der Waals surface area contributed by atoms with E-state index < -0.39 is 0 Å². The first kappa shape index (κ1) is 14.4. The molecule has 0 aliphatic rings. The fraction of sp³-hybridized carbons (Fsp3) is 0.353. The Morgan fingerprint density at radius 1 is 1.10 bits per heavy atom. The lowest BCUT2D eigenvalue weighted by Gasteiger charge is -2.23. The summed E-state index contributed by atoms with van der Waals surface area (Å²) in [5.41, 5.74) is 9.90. The first-order valence-electron chi connectivity index (χ1n) is 6.79. The van der Waals surface area contributed by atoms with Crippen molar-refractivity contribution < 1.29 is 4.74 Å². The molecule has 0 saturated carbocycles. The predicted molar refractivity (Wildman–Crippen MR) is 83.3 cm³/mol. The zero-order valence-electron chi connectivity index (χ0n) is 12.8. The lowest BCUT2D eigenvalue weighted by atomic mass is 9.86. The molecule has 3 heteroatoms. The molecular formula is C17H22N2O. The zero-order valence-corrected chi connectivity index (χ0v) is 12.8. The normalized spacial score (nSPS) is 11.4. The van der Waals surface area contributed by atoms with Crippen LogP contribution in [0.25, 0.3) is 0 Å². The van der Waals surface area contributed by atoms with Crippen LogP contribution in [0.2, 0.25) is 0 Å². The van der Waals surface area contributed by atoms with Gasteiger partial charge in [0.1, 0.15) is 5.75 Å². The molecule has 0 fully saturated rings. The van der Waals surface area contributed by atoms with Crippen LogP contribution >= 0.6 is 0 Å². The molecule has 0 spiro atoms. The third-order valence-electron chi connectivity index (χ3n) is 3.32. The van der Waals surface area contributed by atoms with Gasteiger partial charge in [0.05, 0.1) is 5.69 Å². The van der Waals surface area contributed by atoms with Gasteiger partial charge in [-0.3, -0.25) is 0 Å². The number of nitrogens with zero attached hydrogens (tertiary/aromatic N) is 1. The molecule has 106 valence electrons. The predicted octanol–water partition coefficient (Wildman–Crippen LogP) is 4.37. The van der Waals surface area contributed by atoms with Gasteiger partial charge >= 0.3 is 0 Å². The number of ether oxygens (including phenoxy) is 1. The summed E-state index contributed by atoms with van der Waals surface area (Å²) in [5.74, 6) is 1.29. The van der Waals surface area contributed by atoms with E-state index in [0.29, 0.717) is 11.6 Å². The Bertz CT molecular complexity index is 627. The van der Waals surface area contributed by atoms with Crippen molar-refractivity contribution in [2.45, 2.75) is 40.0 Å². The van der Waals surface area contributed by atoms with Gasteiger partial charge in [-0.1, -0.05) is 32.9 Å². The maximum Gasteiger partial charge on any atom is 0.242 e. The van der Waals surface area contributed by atoms with Crippen molar-refractivity contribution in [1.29, 1.82) is 0 Å². The number of hydrogen-bond acceptors (Lipinski definition) is 3. The highest BCUT2D eigenvalue weighted by Gasteiger charge is 2.20. The molecule has 1 heterocycles. The van der Waals surface area contributed by atoms with E-state index in [0.717, 1.165) is 22.4 Å². The smallest absolute Gasteiger partial charge is 0.242 e. The molecule has 2 N–H and O–H groups in total. The highest BCUT2D eigenvalue weighted by Crippen LogP contribution is 2.36. The fourth-order valence-corrected chi connectivity index (χ4v) is 2.06. The quantitative estimate of drug-likeness (QED) is 0.881. The van der Waals surface area contributed by atoms with Crippen LogP contribution in [0.4, 0.5) is 5.69 Å². The van der Waals surface area contributed by atoms with E-state index in [1.165, 1.54) is 0 Å². The van der Waals surface area contributed by atoms with E-state index in [1.54, 1.807) is 6.20 Å². The highest BCUT2D eigenvalue weighted by atomic mass is 16.5. The standard InChI is InChI=1S/C17H22N2O/c1-11-6-7-13(17(3,4)5)14(10-11)20-16-15(18)12(2)8-9-19-16/h6-10H,18H2,1-5H3. The molecule has 0 bridgehead atoms. The first-order chi connectivity index (χ1) is 9.29. The molecule has 0 radical (unpaired) electrons. The van der Waals surface area contributed by atoms with E-state index in [-0.39, 0.29) is 5.41 Å². The van der Waals surface area contributed by atoms with Crippen molar-refractivity contribution >= 4 is 5.69 Å². The van der Waals surface area contributed by atoms with E-state index in [2.05, 4.69) is 37.9 Å². The van der Waals surface area contributed by atoms with Gasteiger partial charge in [-0.25, -0.2) is 4.98 Å². The molecule has 0 unspecified atom stereocenters. The molecule has 1 aromatic heterocycles. The van der Waals surface area contributed by atoms with E-state index in [4.69, 9.17) is 10.5 Å². The van der Waals surface area contributed by atoms with E-state index in [9.17, 15) is 0 Å². The first-order valence-corrected chi connectivity index (χ1v) is 6.79. The second-order valence-corrected chi connectivity index (χ2v) is 6.20. The Kier molecular flexibility index (Phi) is 3.71. The van der Waals surface area contributed by atoms with Gasteiger partial charge in [-0.15, -0.1) is 0 Å². The van der Waals surface area contributed by atoms with Crippen LogP contribution in [0.3, 0.4) is 0 Å². The number of rotatable bonds is 2. The fourth-order valence-electron chi connectivity index (χ4n) is 2.06. The lowest BCUT2D eigenvalue weighted by molar-refractivity contribution is 0.441. The number of pyridine rings is 1. The highest BCUT2D eigenvalue weighted by molar-refractivity contribution is 5.56. The number of aromatic nitrogens is 1. The van der Waals surface area contributed by atoms with Gasteiger partial charge in [0, 0.05) is 11.8 Å². The van der Waals surface area contributed by atoms with Crippen LogP contribution in [0.5, 0.6) is 11.6 Å². The minimum absolute atomic E-state index is 0.00161. The summed E-state index contributed by atoms with van der Waals surface area (Å²) < 4.78 is 5.99. The molecule has 2 aromatic rings. The maximum absolute atomic E-state index is 6.04. The van der Waals surface area contributed by atoms with Crippen molar-refractivity contribution in [2.75, 3.05) is 5.73 Å². The van der Waals surface area contributed by atoms with Crippen LogP contribution in [0.15, 0.2) is 30.5 Å². The van der Waals surface area contributed by atoms with E-state index >= 15 is 0 Å². The summed E-state index contributed by atoms with van der Waals surface area (Å²) in [5, 5.41) is 0. The summed E-state index contributed by atoms with van der Waals surface area (Å²) in [6.45, 7) is 10.5. The van der Waals surface area contributed by atoms with Gasteiger partial charge in [0.25, 0.3) is 0 Å². The van der Waals surface area contributed by atoms with Gasteiger partial charge in [0.2, 0.25) is 5.88 Å². The second kappa shape index (κ2) is 5.16. The number of hydrogen-bond donors (Lipinski definition) is 1. The summed E-state index contributed by atoms with van der Waals surface area (Å²) in [7, 11) is 0. The summed E-state index contributed by atoms with van der Waals surface area (Å²) in [6, 6.07) is 8.12. The van der Waals surface area contributed by atoms with Crippen molar-refractivity contribution in [1.82, 2.24) is 4.98 Å². The molecule has 0 aliphatic carbocycles. The summed E-state index contributed by atoms with van der Waals surface area (Å²) in [4.78, 5) is 4.24. The number of benzene rings is 1. The zero-order chi connectivity index (χ0) is 14.9. The molecule has 3 nitrogen and oxygen atoms in total. The number of nitrogens with two attached hydrogens (primary N) is 1. The number of anilines is 1. The van der Waals surface area contributed by atoms with Crippen LogP contribution in [0, 0.1) is 13.8 Å². The van der Waals surface area contributed by atoms with Crippen LogP contribution in [-0.4, -0.2) is 4.98 Å². The Hall–Kier alpha value is -2.03. The van der Waals surface area contributed by atoms with Crippen LogP contribution in [0.1, 0.15) is 37.5 Å². The molecular weight excluding hydrogens is 248 g/mol. The third-order valence-corrected chi connectivity index (χ3v) is 3.32. The van der Waals surface area contributed by atoms with Gasteiger partial charge in [-0.2, -0.15) is 0 Å². The molecule has 0 atom stereocenters. The Morgan fingerprint density at radius 3 is 2.45 bits per heavy atom. The Balaban J connectivity index is 2.48. The minimum atomic E-state index is 0.00161. The number of nitrogen functional groups attached to an aromatic ring is 1. The van der Waals surface area contributed by atoms with E-state index in [1.807, 2.05) is 26.0 Å². The molecule has 2 rings (SSSR count). The Labute approximate surface area is 120 Å². The molecule has 0 saturated heterocycles. The van der Waals surface area contributed by atoms with Gasteiger partial charge < -0.3 is 10.5 Å². The van der Waals surface area contributed by atoms with Gasteiger partial charge in [-0.05, 0) is 42.5 Å². The topological polar surface area (TPSA) is 48.1 Å². The van der Waals surface area contributed by atoms with Crippen molar-refractivity contribution in [3.8, 4) is 11.6 Å². The van der Waals surface area contributed by atoms with Crippen molar-refractivity contribution in [3.63, 3.8) is 0 Å². The average molecular weight is 270 g/mol. The third kappa shape index (κ3) is 2.93. The maximum atomic E-state index is 6.04. The van der Waals surface area contributed by atoms with Crippen LogP contribution < -0.4 is 10.5 Å². The monoisotopic (exact) mass is 270 g/mol. The van der Waals surface area contributed by atoms with Gasteiger partial charge in [0.15, 0.2) is 0 Å². The summed E-state index contributed by atoms with van der Waals surface area (Å²) >= 11 is 0. The summed E-state index contributed by atoms with van der Waals surface area (Å²) in [6.07, 6.45) is 1.72. The van der Waals surface area contributed by atoms with Crippen LogP contribution in [-0.2, 0) is 5.41 Å². The SMILES string of the molecule is Cc1ccc(C(C)(C)C)c(Oc2nccc(C)c2N)c1. The lowest BCUT2D eigenvalue weighted by Crippen LogP contribution is -2.13. The number of aryl methyl sites for hydroxylation is 2. The molecule has 0 aliphatic heterocycles. The van der Waals surface area contributed by atoms with Crippen molar-refractivity contribution in [3.05, 3.63) is 47.2 Å². The second-order valence-electron chi connectivity index (χ2n) is 6.20. The van der Waals surface area contributed by atoms with Crippen molar-refractivity contribution in [2.24, 2.45) is 0 Å². The largest absolute Gasteiger partial charge is 0.437 e. The Morgan fingerprint density at radius 2 is 1.80 bits per heavy atom. The average Bonchev–Trinajstić information content (AvgIpc) is 2.33. The molecule has 20 heavy (non-hydrogen) atoms. The molecule has 1 aromatic carbocycles. The molecule has 0 amide bonds. The minimum Gasteiger partial charge on any atom is -0.437 e.